The number of nitrogens with one attached hydrogen (secondary N) is 1. The molecule has 0 unspecified atom stereocenters. The van der Waals surface area contributed by atoms with Gasteiger partial charge in [-0.15, -0.1) is 0 Å². The second-order valence-corrected chi connectivity index (χ2v) is 8.99. The van der Waals surface area contributed by atoms with Crippen LogP contribution in [0.5, 0.6) is 11.5 Å². The minimum Gasteiger partial charge on any atom is -0.495 e. The highest BCUT2D eigenvalue weighted by molar-refractivity contribution is 7.92. The fourth-order valence-electron chi connectivity index (χ4n) is 2.56. The molecule has 0 saturated heterocycles. The summed E-state index contributed by atoms with van der Waals surface area (Å²) >= 11 is 6.09. The van der Waals surface area contributed by atoms with E-state index in [-0.39, 0.29) is 29.9 Å². The Labute approximate surface area is 176 Å². The van der Waals surface area contributed by atoms with Crippen LogP contribution in [0.1, 0.15) is 19.4 Å². The normalized spacial score (nSPS) is 11.2. The minimum atomic E-state index is -3.69. The van der Waals surface area contributed by atoms with Crippen molar-refractivity contribution in [3.8, 4) is 11.5 Å². The van der Waals surface area contributed by atoms with E-state index >= 15 is 0 Å². The van der Waals surface area contributed by atoms with Crippen LogP contribution in [0.4, 0.5) is 5.69 Å². The van der Waals surface area contributed by atoms with Gasteiger partial charge >= 0.3 is 0 Å². The zero-order valence-electron chi connectivity index (χ0n) is 16.8. The quantitative estimate of drug-likeness (QED) is 0.647. The van der Waals surface area contributed by atoms with Crippen molar-refractivity contribution < 1.29 is 22.7 Å². The van der Waals surface area contributed by atoms with Crippen molar-refractivity contribution in [3.05, 3.63) is 53.1 Å². The molecule has 0 aliphatic carbocycles. The van der Waals surface area contributed by atoms with Crippen LogP contribution in [-0.4, -0.2) is 40.3 Å². The molecule has 0 atom stereocenters. The van der Waals surface area contributed by atoms with Crippen LogP contribution >= 0.6 is 11.6 Å². The van der Waals surface area contributed by atoms with Gasteiger partial charge in [-0.25, -0.2) is 8.42 Å². The number of carbonyl (C=O) groups is 1. The number of carbonyl (C=O) groups excluding carboxylic acids is 1. The molecular weight excluding hydrogens is 416 g/mol. The molecular formula is C20H25ClN2O5S. The van der Waals surface area contributed by atoms with Gasteiger partial charge in [0.2, 0.25) is 15.9 Å². The van der Waals surface area contributed by atoms with Crippen molar-refractivity contribution in [3.63, 3.8) is 0 Å². The number of hydrogen-bond acceptors (Lipinski definition) is 5. The molecule has 0 spiro atoms. The molecule has 0 bridgehead atoms. The number of rotatable bonds is 9. The molecule has 158 valence electrons. The van der Waals surface area contributed by atoms with Crippen LogP contribution in [0.15, 0.2) is 42.5 Å². The first-order chi connectivity index (χ1) is 13.6. The van der Waals surface area contributed by atoms with E-state index in [0.29, 0.717) is 5.75 Å². The summed E-state index contributed by atoms with van der Waals surface area (Å²) in [5.41, 5.74) is 1.15. The fraction of sp³-hybridized carbons (Fsp3) is 0.350. The molecule has 1 N–H and O–H groups in total. The molecule has 0 aliphatic heterocycles. The summed E-state index contributed by atoms with van der Waals surface area (Å²) in [6.45, 7) is 3.78. The van der Waals surface area contributed by atoms with Crippen molar-refractivity contribution in [2.75, 3.05) is 24.2 Å². The first-order valence-corrected chi connectivity index (χ1v) is 11.2. The van der Waals surface area contributed by atoms with Crippen molar-refractivity contribution >= 4 is 33.2 Å². The maximum atomic E-state index is 12.4. The number of hydrogen-bond donors (Lipinski definition) is 1. The second kappa shape index (κ2) is 9.84. The maximum absolute atomic E-state index is 12.4. The number of methoxy groups -OCH3 is 1. The van der Waals surface area contributed by atoms with Crippen molar-refractivity contribution in [2.24, 2.45) is 0 Å². The number of benzene rings is 2. The Bertz CT molecular complexity index is 946. The van der Waals surface area contributed by atoms with Gasteiger partial charge in [0.25, 0.3) is 0 Å². The van der Waals surface area contributed by atoms with Gasteiger partial charge in [0.05, 0.1) is 30.2 Å². The first-order valence-electron chi connectivity index (χ1n) is 8.93. The van der Waals surface area contributed by atoms with Crippen LogP contribution < -0.4 is 19.1 Å². The molecule has 7 nitrogen and oxygen atoms in total. The van der Waals surface area contributed by atoms with Crippen molar-refractivity contribution in [1.29, 1.82) is 0 Å². The van der Waals surface area contributed by atoms with Crippen LogP contribution in [-0.2, 0) is 21.4 Å². The molecule has 2 rings (SSSR count). The van der Waals surface area contributed by atoms with E-state index in [0.717, 1.165) is 21.9 Å². The summed E-state index contributed by atoms with van der Waals surface area (Å²) in [6, 6.07) is 11.9. The summed E-state index contributed by atoms with van der Waals surface area (Å²) in [5.74, 6) is 0.720. The zero-order valence-corrected chi connectivity index (χ0v) is 18.4. The Kier molecular flexibility index (Phi) is 7.75. The van der Waals surface area contributed by atoms with Crippen LogP contribution in [0.25, 0.3) is 0 Å². The highest BCUT2D eigenvalue weighted by atomic mass is 35.5. The van der Waals surface area contributed by atoms with E-state index in [2.05, 4.69) is 5.32 Å². The van der Waals surface area contributed by atoms with Crippen LogP contribution in [0.2, 0.25) is 5.02 Å². The van der Waals surface area contributed by atoms with E-state index in [9.17, 15) is 13.2 Å². The largest absolute Gasteiger partial charge is 0.495 e. The molecule has 0 radical (unpaired) electrons. The van der Waals surface area contributed by atoms with E-state index in [1.165, 1.54) is 19.2 Å². The molecule has 0 heterocycles. The van der Waals surface area contributed by atoms with Gasteiger partial charge in [-0.05, 0) is 49.7 Å². The fourth-order valence-corrected chi connectivity index (χ4v) is 3.66. The van der Waals surface area contributed by atoms with Gasteiger partial charge in [-0.3, -0.25) is 9.10 Å². The smallest absolute Gasteiger partial charge is 0.241 e. The average Bonchev–Trinajstić information content (AvgIpc) is 2.64. The SMILES string of the molecule is COc1ccc(N(CC(=O)NCc2ccc(OC(C)C)cc2)S(C)(=O)=O)cc1Cl. The predicted molar refractivity (Wildman–Crippen MR) is 114 cm³/mol. The van der Waals surface area contributed by atoms with E-state index < -0.39 is 15.9 Å². The minimum absolute atomic E-state index is 0.0778. The van der Waals surface area contributed by atoms with Gasteiger partial charge in [0.15, 0.2) is 0 Å². The van der Waals surface area contributed by atoms with Crippen LogP contribution in [0, 0.1) is 0 Å². The van der Waals surface area contributed by atoms with E-state index in [1.807, 2.05) is 38.1 Å². The third-order valence-corrected chi connectivity index (χ3v) is 5.33. The van der Waals surface area contributed by atoms with E-state index in [1.54, 1.807) is 6.07 Å². The highest BCUT2D eigenvalue weighted by Crippen LogP contribution is 2.30. The first kappa shape index (κ1) is 22.8. The van der Waals surface area contributed by atoms with Gasteiger partial charge < -0.3 is 14.8 Å². The van der Waals surface area contributed by atoms with Gasteiger partial charge in [-0.1, -0.05) is 23.7 Å². The lowest BCUT2D eigenvalue weighted by molar-refractivity contribution is -0.119. The number of sulfonamides is 1. The number of anilines is 1. The number of nitrogens with zero attached hydrogens (tertiary/aromatic N) is 1. The monoisotopic (exact) mass is 440 g/mol. The molecule has 1 amide bonds. The highest BCUT2D eigenvalue weighted by Gasteiger charge is 2.21. The maximum Gasteiger partial charge on any atom is 0.241 e. The summed E-state index contributed by atoms with van der Waals surface area (Å²) in [7, 11) is -2.23. The van der Waals surface area contributed by atoms with Crippen molar-refractivity contribution in [2.45, 2.75) is 26.5 Å². The molecule has 2 aromatic carbocycles. The Morgan fingerprint density at radius 1 is 1.17 bits per heavy atom. The summed E-state index contributed by atoms with van der Waals surface area (Å²) in [5, 5.41) is 2.98. The van der Waals surface area contributed by atoms with Crippen LogP contribution in [0.3, 0.4) is 0 Å². The topological polar surface area (TPSA) is 84.9 Å². The lowest BCUT2D eigenvalue weighted by atomic mass is 10.2. The molecule has 0 aliphatic rings. The molecule has 29 heavy (non-hydrogen) atoms. The lowest BCUT2D eigenvalue weighted by Crippen LogP contribution is -2.40. The second-order valence-electron chi connectivity index (χ2n) is 6.68. The number of ether oxygens (including phenoxy) is 2. The third-order valence-electron chi connectivity index (χ3n) is 3.90. The lowest BCUT2D eigenvalue weighted by Gasteiger charge is -2.22. The number of halogens is 1. The van der Waals surface area contributed by atoms with Crippen molar-refractivity contribution in [1.82, 2.24) is 5.32 Å². The Morgan fingerprint density at radius 2 is 1.83 bits per heavy atom. The molecule has 0 aromatic heterocycles. The Balaban J connectivity index is 2.04. The number of amides is 1. The summed E-state index contributed by atoms with van der Waals surface area (Å²) in [4.78, 5) is 12.4. The Hall–Kier alpha value is -2.45. The summed E-state index contributed by atoms with van der Waals surface area (Å²) in [6.07, 6.45) is 1.11. The summed E-state index contributed by atoms with van der Waals surface area (Å²) < 4.78 is 36.0. The molecule has 2 aromatic rings. The third kappa shape index (κ3) is 6.83. The Morgan fingerprint density at radius 3 is 2.34 bits per heavy atom. The predicted octanol–water partition coefficient (Wildman–Crippen LogP) is 3.22. The van der Waals surface area contributed by atoms with Gasteiger partial charge in [0.1, 0.15) is 18.0 Å². The average molecular weight is 441 g/mol. The molecule has 0 saturated carbocycles. The van der Waals surface area contributed by atoms with E-state index in [4.69, 9.17) is 21.1 Å². The zero-order chi connectivity index (χ0) is 21.6. The molecule has 0 fully saturated rings. The molecule has 9 heteroatoms. The van der Waals surface area contributed by atoms with Gasteiger partial charge in [-0.2, -0.15) is 0 Å². The standard InChI is InChI=1S/C20H25ClN2O5S/c1-14(2)28-17-8-5-15(6-9-17)12-22-20(24)13-23(29(4,25)26)16-7-10-19(27-3)18(21)11-16/h5-11,14H,12-13H2,1-4H3,(H,22,24). The van der Waals surface area contributed by atoms with Gasteiger partial charge in [0, 0.05) is 6.54 Å².